The number of nitrogens with one attached hydrogen (secondary N) is 1. The molecule has 230 valence electrons. The fourth-order valence-electron chi connectivity index (χ4n) is 4.75. The van der Waals surface area contributed by atoms with Gasteiger partial charge in [0.1, 0.15) is 29.9 Å². The molecule has 0 spiro atoms. The predicted octanol–water partition coefficient (Wildman–Crippen LogP) is 4.42. The highest BCUT2D eigenvalue weighted by molar-refractivity contribution is 7.92. The van der Waals surface area contributed by atoms with Crippen LogP contribution in [0.5, 0.6) is 11.5 Å². The number of carbonyl (C=O) groups excluding carboxylic acids is 2. The number of methoxy groups -OCH3 is 2. The van der Waals surface area contributed by atoms with Crippen molar-refractivity contribution in [2.24, 2.45) is 0 Å². The van der Waals surface area contributed by atoms with Gasteiger partial charge in [-0.15, -0.1) is 0 Å². The molecule has 0 aromatic heterocycles. The lowest BCUT2D eigenvalue weighted by Gasteiger charge is -2.34. The van der Waals surface area contributed by atoms with Crippen molar-refractivity contribution >= 4 is 27.5 Å². The molecule has 0 aliphatic heterocycles. The normalized spacial score (nSPS) is 11.7. The summed E-state index contributed by atoms with van der Waals surface area (Å²) < 4.78 is 54.8. The van der Waals surface area contributed by atoms with Gasteiger partial charge in [-0.05, 0) is 48.0 Å². The van der Waals surface area contributed by atoms with E-state index < -0.39 is 40.2 Å². The number of benzene rings is 4. The lowest BCUT2D eigenvalue weighted by atomic mass is 10.0. The van der Waals surface area contributed by atoms with Crippen molar-refractivity contribution in [1.29, 1.82) is 0 Å². The van der Waals surface area contributed by atoms with E-state index >= 15 is 0 Å². The average Bonchev–Trinajstić information content (AvgIpc) is 3.05. The van der Waals surface area contributed by atoms with Crippen LogP contribution in [0, 0.1) is 5.82 Å². The Balaban J connectivity index is 1.82. The molecule has 11 heteroatoms. The quantitative estimate of drug-likeness (QED) is 0.238. The molecule has 0 unspecified atom stereocenters. The molecule has 0 saturated carbocycles. The number of nitrogens with zero attached hydrogens (tertiary/aromatic N) is 2. The van der Waals surface area contributed by atoms with Gasteiger partial charge in [-0.2, -0.15) is 0 Å². The number of para-hydroxylation sites is 2. The largest absolute Gasteiger partial charge is 0.497 e. The first-order chi connectivity index (χ1) is 21.2. The van der Waals surface area contributed by atoms with Crippen molar-refractivity contribution in [3.8, 4) is 11.5 Å². The van der Waals surface area contributed by atoms with E-state index in [0.29, 0.717) is 5.75 Å². The van der Waals surface area contributed by atoms with E-state index in [2.05, 4.69) is 5.32 Å². The van der Waals surface area contributed by atoms with Crippen LogP contribution in [0.25, 0.3) is 0 Å². The zero-order valence-corrected chi connectivity index (χ0v) is 25.5. The molecule has 9 nitrogen and oxygen atoms in total. The molecule has 0 bridgehead atoms. The van der Waals surface area contributed by atoms with Crippen molar-refractivity contribution in [2.45, 2.75) is 23.9 Å². The summed E-state index contributed by atoms with van der Waals surface area (Å²) in [5, 5.41) is 2.60. The van der Waals surface area contributed by atoms with Crippen LogP contribution in [-0.4, -0.2) is 59.0 Å². The van der Waals surface area contributed by atoms with Gasteiger partial charge in [-0.3, -0.25) is 13.9 Å². The molecule has 0 aliphatic rings. The third-order valence-electron chi connectivity index (χ3n) is 7.10. The minimum atomic E-state index is -4.36. The van der Waals surface area contributed by atoms with Gasteiger partial charge >= 0.3 is 0 Å². The van der Waals surface area contributed by atoms with Crippen LogP contribution in [0.3, 0.4) is 0 Å². The standard InChI is InChI=1S/C33H34FN3O6S/c1-35-33(39)30(21-24-11-5-4-6-12-24)36(22-25-13-7-8-14-28(25)34)32(38)23-37(29-15-9-10-16-31(29)43-3)44(40,41)27-19-17-26(42-2)18-20-27/h4-20,30H,21-23H2,1-3H3,(H,35,39)/t30-/m0/s1. The molecule has 1 N–H and O–H groups in total. The number of ether oxygens (including phenoxy) is 2. The number of sulfonamides is 1. The molecule has 1 atom stereocenters. The molecule has 0 aliphatic carbocycles. The van der Waals surface area contributed by atoms with Crippen molar-refractivity contribution in [2.75, 3.05) is 32.1 Å². The molecule has 0 fully saturated rings. The van der Waals surface area contributed by atoms with Crippen LogP contribution in [-0.2, 0) is 32.6 Å². The maximum atomic E-state index is 14.9. The molecule has 4 aromatic rings. The monoisotopic (exact) mass is 619 g/mol. The fraction of sp³-hybridized carbons (Fsp3) is 0.212. The Hall–Kier alpha value is -4.90. The second-order valence-electron chi connectivity index (χ2n) is 9.79. The molecule has 2 amide bonds. The van der Waals surface area contributed by atoms with Crippen LogP contribution in [0.15, 0.2) is 108 Å². The number of likely N-dealkylation sites (N-methyl/N-ethyl adjacent to an activating group) is 1. The first kappa shape index (κ1) is 32.0. The van der Waals surface area contributed by atoms with E-state index in [1.165, 1.54) is 74.7 Å². The SMILES string of the molecule is CNC(=O)[C@H](Cc1ccccc1)N(Cc1ccccc1F)C(=O)CN(c1ccccc1OC)S(=O)(=O)c1ccc(OC)cc1. The molecule has 44 heavy (non-hydrogen) atoms. The summed E-state index contributed by atoms with van der Waals surface area (Å²) in [5.41, 5.74) is 1.05. The Morgan fingerprint density at radius 2 is 1.48 bits per heavy atom. The van der Waals surface area contributed by atoms with Crippen LogP contribution in [0.4, 0.5) is 10.1 Å². The van der Waals surface area contributed by atoms with Crippen LogP contribution in [0.1, 0.15) is 11.1 Å². The lowest BCUT2D eigenvalue weighted by Crippen LogP contribution is -2.53. The summed E-state index contributed by atoms with van der Waals surface area (Å²) in [7, 11) is -0.0525. The Labute approximate surface area is 256 Å². The van der Waals surface area contributed by atoms with Gasteiger partial charge in [0.25, 0.3) is 10.0 Å². The van der Waals surface area contributed by atoms with Crippen molar-refractivity contribution in [3.63, 3.8) is 0 Å². The summed E-state index contributed by atoms with van der Waals surface area (Å²) in [4.78, 5) is 28.8. The molecule has 4 aromatic carbocycles. The maximum absolute atomic E-state index is 14.9. The van der Waals surface area contributed by atoms with E-state index in [4.69, 9.17) is 9.47 Å². The van der Waals surface area contributed by atoms with E-state index in [-0.39, 0.29) is 34.9 Å². The molecular weight excluding hydrogens is 585 g/mol. The van der Waals surface area contributed by atoms with Crippen LogP contribution in [0.2, 0.25) is 0 Å². The smallest absolute Gasteiger partial charge is 0.264 e. The number of anilines is 1. The van der Waals surface area contributed by atoms with E-state index in [1.54, 1.807) is 24.3 Å². The summed E-state index contributed by atoms with van der Waals surface area (Å²) in [6.45, 7) is -0.982. The number of hydrogen-bond donors (Lipinski definition) is 1. The highest BCUT2D eigenvalue weighted by Gasteiger charge is 2.35. The topological polar surface area (TPSA) is 105 Å². The second kappa shape index (κ2) is 14.5. The van der Waals surface area contributed by atoms with E-state index in [1.807, 2.05) is 30.3 Å². The number of rotatable bonds is 13. The van der Waals surface area contributed by atoms with Gasteiger partial charge in [0.05, 0.1) is 24.8 Å². The number of carbonyl (C=O) groups is 2. The fourth-order valence-corrected chi connectivity index (χ4v) is 6.18. The summed E-state index contributed by atoms with van der Waals surface area (Å²) >= 11 is 0. The Bertz CT molecular complexity index is 1680. The summed E-state index contributed by atoms with van der Waals surface area (Å²) in [5.74, 6) is -1.10. The molecule has 0 saturated heterocycles. The van der Waals surface area contributed by atoms with Gasteiger partial charge in [-0.25, -0.2) is 12.8 Å². The first-order valence-corrected chi connectivity index (χ1v) is 15.2. The minimum absolute atomic E-state index is 0.0928. The summed E-state index contributed by atoms with van der Waals surface area (Å²) in [6, 6.07) is 26.1. The minimum Gasteiger partial charge on any atom is -0.497 e. The molecule has 0 heterocycles. The van der Waals surface area contributed by atoms with Gasteiger partial charge in [0.15, 0.2) is 0 Å². The van der Waals surface area contributed by atoms with Crippen molar-refractivity contribution < 1.29 is 31.9 Å². The number of hydrogen-bond acceptors (Lipinski definition) is 6. The highest BCUT2D eigenvalue weighted by Crippen LogP contribution is 2.33. The van der Waals surface area contributed by atoms with Gasteiger partial charge < -0.3 is 19.7 Å². The molecule has 4 rings (SSSR count). The molecule has 0 radical (unpaired) electrons. The molecular formula is C33H34FN3O6S. The van der Waals surface area contributed by atoms with Crippen LogP contribution < -0.4 is 19.1 Å². The Kier molecular flexibility index (Phi) is 10.6. The predicted molar refractivity (Wildman–Crippen MR) is 165 cm³/mol. The second-order valence-corrected chi connectivity index (χ2v) is 11.7. The highest BCUT2D eigenvalue weighted by atomic mass is 32.2. The Morgan fingerprint density at radius 3 is 2.11 bits per heavy atom. The summed E-state index contributed by atoms with van der Waals surface area (Å²) in [6.07, 6.45) is 0.112. The van der Waals surface area contributed by atoms with Crippen LogP contribution >= 0.6 is 0 Å². The van der Waals surface area contributed by atoms with E-state index in [0.717, 1.165) is 9.87 Å². The third kappa shape index (κ3) is 7.35. The zero-order chi connectivity index (χ0) is 31.7. The number of halogens is 1. The lowest BCUT2D eigenvalue weighted by molar-refractivity contribution is -0.139. The van der Waals surface area contributed by atoms with Gasteiger partial charge in [-0.1, -0.05) is 60.7 Å². The third-order valence-corrected chi connectivity index (χ3v) is 8.87. The van der Waals surface area contributed by atoms with E-state index in [9.17, 15) is 22.4 Å². The maximum Gasteiger partial charge on any atom is 0.264 e. The van der Waals surface area contributed by atoms with Gasteiger partial charge in [0, 0.05) is 25.6 Å². The first-order valence-electron chi connectivity index (χ1n) is 13.8. The average molecular weight is 620 g/mol. The number of amides is 2. The van der Waals surface area contributed by atoms with Gasteiger partial charge in [0.2, 0.25) is 11.8 Å². The van der Waals surface area contributed by atoms with Crippen molar-refractivity contribution in [1.82, 2.24) is 10.2 Å². The van der Waals surface area contributed by atoms with Crippen molar-refractivity contribution in [3.05, 3.63) is 120 Å². The Morgan fingerprint density at radius 1 is 0.841 bits per heavy atom. The zero-order valence-electron chi connectivity index (χ0n) is 24.6.